The maximum atomic E-state index is 3.35. The highest BCUT2D eigenvalue weighted by Crippen LogP contribution is 2.30. The lowest BCUT2D eigenvalue weighted by molar-refractivity contribution is 0.603. The van der Waals surface area contributed by atoms with E-state index in [1.54, 1.807) is 0 Å². The van der Waals surface area contributed by atoms with Gasteiger partial charge in [-0.15, -0.1) is 5.92 Å². The fourth-order valence-corrected chi connectivity index (χ4v) is 2.55. The molecule has 0 fully saturated rings. The van der Waals surface area contributed by atoms with E-state index in [2.05, 4.69) is 65.5 Å². The Morgan fingerprint density at radius 1 is 1.06 bits per heavy atom. The van der Waals surface area contributed by atoms with Crippen molar-refractivity contribution in [2.45, 2.75) is 53.9 Å². The molecule has 0 aliphatic carbocycles. The van der Waals surface area contributed by atoms with Crippen LogP contribution in [0, 0.1) is 38.5 Å². The summed E-state index contributed by atoms with van der Waals surface area (Å²) in [6.45, 7) is 13.2. The van der Waals surface area contributed by atoms with Crippen molar-refractivity contribution in [2.75, 3.05) is 0 Å². The summed E-state index contributed by atoms with van der Waals surface area (Å²) in [6, 6.07) is 4.55. The Hall–Kier alpha value is -1.22. The van der Waals surface area contributed by atoms with Crippen molar-refractivity contribution in [1.82, 2.24) is 0 Å². The largest absolute Gasteiger partial charge is 0.103 e. The Bertz CT molecular complexity index is 420. The molecule has 0 spiro atoms. The van der Waals surface area contributed by atoms with E-state index < -0.39 is 0 Å². The third-order valence-corrected chi connectivity index (χ3v) is 3.45. The second-order valence-electron chi connectivity index (χ2n) is 5.06. The molecule has 92 valence electrons. The predicted molar refractivity (Wildman–Crippen MR) is 76.3 cm³/mol. The van der Waals surface area contributed by atoms with Gasteiger partial charge in [-0.2, -0.15) is 0 Å². The minimum Gasteiger partial charge on any atom is -0.103 e. The van der Waals surface area contributed by atoms with Crippen LogP contribution in [0.1, 0.15) is 55.4 Å². The van der Waals surface area contributed by atoms with Gasteiger partial charge in [-0.3, -0.25) is 0 Å². The number of hydrogen-bond donors (Lipinski definition) is 0. The Morgan fingerprint density at radius 2 is 1.59 bits per heavy atom. The summed E-state index contributed by atoms with van der Waals surface area (Å²) in [5.74, 6) is 7.48. The van der Waals surface area contributed by atoms with Gasteiger partial charge in [-0.1, -0.05) is 44.4 Å². The summed E-state index contributed by atoms with van der Waals surface area (Å²) in [6.07, 6.45) is 0.947. The van der Waals surface area contributed by atoms with Crippen molar-refractivity contribution in [2.24, 2.45) is 5.92 Å². The van der Waals surface area contributed by atoms with E-state index in [-0.39, 0.29) is 0 Å². The van der Waals surface area contributed by atoms with Crippen molar-refractivity contribution < 1.29 is 0 Å². The maximum absolute atomic E-state index is 3.35. The van der Waals surface area contributed by atoms with E-state index in [9.17, 15) is 0 Å². The van der Waals surface area contributed by atoms with E-state index in [0.717, 1.165) is 6.42 Å². The molecule has 0 amide bonds. The van der Waals surface area contributed by atoms with Gasteiger partial charge in [-0.05, 0) is 43.4 Å². The molecule has 0 aliphatic heterocycles. The van der Waals surface area contributed by atoms with Crippen molar-refractivity contribution in [3.8, 4) is 11.8 Å². The molecule has 0 heterocycles. The minimum atomic E-state index is 0.426. The normalized spacial score (nSPS) is 13.8. The van der Waals surface area contributed by atoms with Gasteiger partial charge in [-0.25, -0.2) is 0 Å². The number of rotatable bonds is 2. The number of aryl methyl sites for hydroxylation is 3. The molecule has 0 saturated carbocycles. The molecule has 0 heteroatoms. The molecule has 0 N–H and O–H groups in total. The molecule has 0 aromatic heterocycles. The molecule has 1 aromatic carbocycles. The summed E-state index contributed by atoms with van der Waals surface area (Å²) >= 11 is 0. The van der Waals surface area contributed by atoms with Crippen LogP contribution in [0.4, 0.5) is 0 Å². The van der Waals surface area contributed by atoms with Crippen molar-refractivity contribution in [3.63, 3.8) is 0 Å². The standard InChI is InChI=1S/C17H24/c1-7-8-9-13(3)16(6)17-14(4)10-12(2)11-15(17)5/h10-11,13,16H,7H2,1-6H3. The van der Waals surface area contributed by atoms with Crippen LogP contribution in [0.15, 0.2) is 12.1 Å². The highest BCUT2D eigenvalue weighted by atomic mass is 14.2. The predicted octanol–water partition coefficient (Wildman–Crippen LogP) is 4.76. The Kier molecular flexibility index (Phi) is 4.82. The molecular weight excluding hydrogens is 204 g/mol. The molecule has 0 aliphatic rings. The minimum absolute atomic E-state index is 0.426. The second kappa shape index (κ2) is 5.92. The molecule has 2 atom stereocenters. The molecule has 0 radical (unpaired) electrons. The van der Waals surface area contributed by atoms with Gasteiger partial charge in [0.2, 0.25) is 0 Å². The fraction of sp³-hybridized carbons (Fsp3) is 0.529. The fourth-order valence-electron chi connectivity index (χ4n) is 2.55. The monoisotopic (exact) mass is 228 g/mol. The van der Waals surface area contributed by atoms with Gasteiger partial charge in [0.1, 0.15) is 0 Å². The van der Waals surface area contributed by atoms with Crippen molar-refractivity contribution in [3.05, 3.63) is 34.4 Å². The number of benzene rings is 1. The summed E-state index contributed by atoms with van der Waals surface area (Å²) < 4.78 is 0. The van der Waals surface area contributed by atoms with Gasteiger partial charge in [0, 0.05) is 12.3 Å². The maximum Gasteiger partial charge on any atom is 0.0240 e. The quantitative estimate of drug-likeness (QED) is 0.640. The summed E-state index contributed by atoms with van der Waals surface area (Å²) in [4.78, 5) is 0. The zero-order valence-electron chi connectivity index (χ0n) is 12.0. The van der Waals surface area contributed by atoms with Gasteiger partial charge in [0.25, 0.3) is 0 Å². The van der Waals surface area contributed by atoms with Crippen LogP contribution in [-0.2, 0) is 0 Å². The lowest BCUT2D eigenvalue weighted by atomic mass is 9.83. The van der Waals surface area contributed by atoms with Crippen LogP contribution in [-0.4, -0.2) is 0 Å². The molecule has 2 unspecified atom stereocenters. The van der Waals surface area contributed by atoms with Crippen LogP contribution in [0.2, 0.25) is 0 Å². The van der Waals surface area contributed by atoms with Crippen LogP contribution >= 0.6 is 0 Å². The molecule has 0 bridgehead atoms. The van der Waals surface area contributed by atoms with E-state index in [0.29, 0.717) is 11.8 Å². The highest BCUT2D eigenvalue weighted by Gasteiger charge is 2.16. The van der Waals surface area contributed by atoms with E-state index >= 15 is 0 Å². The number of hydrogen-bond acceptors (Lipinski definition) is 0. The SMILES string of the molecule is CCC#CC(C)C(C)c1c(C)cc(C)cc1C. The highest BCUT2D eigenvalue weighted by molar-refractivity contribution is 5.40. The Morgan fingerprint density at radius 3 is 2.06 bits per heavy atom. The molecule has 0 saturated heterocycles. The van der Waals surface area contributed by atoms with Gasteiger partial charge in [0.05, 0.1) is 0 Å². The molecule has 17 heavy (non-hydrogen) atoms. The first-order chi connectivity index (χ1) is 7.97. The van der Waals surface area contributed by atoms with Crippen LogP contribution in [0.3, 0.4) is 0 Å². The molecule has 0 nitrogen and oxygen atoms in total. The lowest BCUT2D eigenvalue weighted by Gasteiger charge is -2.21. The van der Waals surface area contributed by atoms with Gasteiger partial charge in [0.15, 0.2) is 0 Å². The molecule has 1 rings (SSSR count). The topological polar surface area (TPSA) is 0 Å². The molecular formula is C17H24. The summed E-state index contributed by atoms with van der Waals surface area (Å²) in [5.41, 5.74) is 5.64. The van der Waals surface area contributed by atoms with Crippen LogP contribution in [0.5, 0.6) is 0 Å². The smallest absolute Gasteiger partial charge is 0.0240 e. The zero-order chi connectivity index (χ0) is 13.0. The van der Waals surface area contributed by atoms with Crippen LogP contribution in [0.25, 0.3) is 0 Å². The van der Waals surface area contributed by atoms with E-state index in [1.807, 2.05) is 0 Å². The first-order valence-corrected chi connectivity index (χ1v) is 6.53. The molecule has 1 aromatic rings. The first-order valence-electron chi connectivity index (χ1n) is 6.53. The first kappa shape index (κ1) is 13.8. The lowest BCUT2D eigenvalue weighted by Crippen LogP contribution is -2.08. The third-order valence-electron chi connectivity index (χ3n) is 3.45. The van der Waals surface area contributed by atoms with Crippen molar-refractivity contribution >= 4 is 0 Å². The Labute approximate surface area is 106 Å². The third kappa shape index (κ3) is 3.37. The summed E-state index contributed by atoms with van der Waals surface area (Å²) in [5, 5.41) is 0. The van der Waals surface area contributed by atoms with Crippen molar-refractivity contribution in [1.29, 1.82) is 0 Å². The Balaban J connectivity index is 3.08. The average molecular weight is 228 g/mol. The van der Waals surface area contributed by atoms with E-state index in [4.69, 9.17) is 0 Å². The second-order valence-corrected chi connectivity index (χ2v) is 5.06. The average Bonchev–Trinajstić information content (AvgIpc) is 2.24. The van der Waals surface area contributed by atoms with Gasteiger partial charge < -0.3 is 0 Å². The van der Waals surface area contributed by atoms with Gasteiger partial charge >= 0.3 is 0 Å². The van der Waals surface area contributed by atoms with Crippen LogP contribution < -0.4 is 0 Å². The zero-order valence-corrected chi connectivity index (χ0v) is 12.0. The van der Waals surface area contributed by atoms with E-state index in [1.165, 1.54) is 22.3 Å². The summed E-state index contributed by atoms with van der Waals surface area (Å²) in [7, 11) is 0.